The zero-order chi connectivity index (χ0) is 47.1. The van der Waals surface area contributed by atoms with Crippen LogP contribution in [0, 0.1) is 0 Å². The number of hydrogen-bond donors (Lipinski definition) is 17. The highest BCUT2D eigenvalue weighted by Crippen LogP contribution is 2.04. The summed E-state index contributed by atoms with van der Waals surface area (Å²) in [6, 6.07) is -13.3. The lowest BCUT2D eigenvalue weighted by molar-refractivity contribution is -0.142. The van der Waals surface area contributed by atoms with Gasteiger partial charge >= 0.3 is 17.9 Å². The molecule has 0 aromatic carbocycles. The molecule has 0 spiro atoms. The van der Waals surface area contributed by atoms with Gasteiger partial charge in [-0.05, 0) is 33.6 Å². The number of aliphatic imine (C=N–C) groups is 1. The second-order valence-corrected chi connectivity index (χ2v) is 13.2. The van der Waals surface area contributed by atoms with E-state index in [4.69, 9.17) is 27.4 Å². The van der Waals surface area contributed by atoms with Gasteiger partial charge in [0.15, 0.2) is 5.96 Å². The lowest BCUT2D eigenvalue weighted by atomic mass is 10.1. The topological polar surface area (TPSA) is 496 Å². The maximum absolute atomic E-state index is 13.3. The molecule has 0 aliphatic rings. The number of carboxylic acids is 3. The van der Waals surface area contributed by atoms with Crippen LogP contribution >= 0.6 is 0 Å². The van der Waals surface area contributed by atoms with Gasteiger partial charge in [0.1, 0.15) is 48.3 Å². The molecule has 0 aliphatic carbocycles. The van der Waals surface area contributed by atoms with Crippen molar-refractivity contribution in [3.05, 3.63) is 0 Å². The number of nitrogens with two attached hydrogens (primary N) is 3. The first-order chi connectivity index (χ1) is 28.3. The average molecular weight is 879 g/mol. The summed E-state index contributed by atoms with van der Waals surface area (Å²) in [5, 5.41) is 73.1. The Labute approximate surface area is 346 Å². The third-order valence-corrected chi connectivity index (χ3v) is 7.94. The number of aliphatic hydroxyl groups excluding tert-OH is 3. The van der Waals surface area contributed by atoms with E-state index in [1.807, 2.05) is 21.3 Å². The van der Waals surface area contributed by atoms with E-state index in [1.54, 1.807) is 0 Å². The number of aliphatic carboxylic acids is 3. The van der Waals surface area contributed by atoms with Crippen LogP contribution in [-0.4, -0.2) is 183 Å². The summed E-state index contributed by atoms with van der Waals surface area (Å²) < 4.78 is 0. The highest BCUT2D eigenvalue weighted by molar-refractivity contribution is 5.98. The van der Waals surface area contributed by atoms with Gasteiger partial charge in [-0.25, -0.2) is 0 Å². The zero-order valence-corrected chi connectivity index (χ0v) is 33.2. The van der Waals surface area contributed by atoms with Gasteiger partial charge in [0.05, 0.1) is 38.7 Å². The van der Waals surface area contributed by atoms with Gasteiger partial charge in [-0.2, -0.15) is 0 Å². The van der Waals surface area contributed by atoms with Crippen LogP contribution in [0.2, 0.25) is 0 Å². The van der Waals surface area contributed by atoms with E-state index < -0.39 is 152 Å². The Morgan fingerprint density at radius 1 is 0.574 bits per heavy atom. The summed E-state index contributed by atoms with van der Waals surface area (Å²) in [5.74, 6) is -14.3. The standard InChI is InChI=1S/C32H54N12O17/c1-12(24(53)43-19(11-46)29(58)39-13(2)31(60)61)38-27(56)17(7-21(49)50)40-20(48)9-37-26(55)16(5-4-6-36-32(34)35)41-28(57)18(8-22(51)52)42-30(59)23(14(3)47)44-25(54)15(33)10-45/h12-19,23,45-47H,4-11,33H2,1-3H3,(H,37,55)(H,38,56)(H,39,58)(H,40,48)(H,41,57)(H,42,59)(H,43,53)(H,44,54)(H,49,50)(H,51,52)(H,60,61)(H4,34,35,36)/t12-,13-,14+,15-,16-,17-,18-,19-,23-/m0/s1. The molecule has 344 valence electrons. The summed E-state index contributed by atoms with van der Waals surface area (Å²) in [5.41, 5.74) is 16.0. The number of amides is 8. The highest BCUT2D eigenvalue weighted by atomic mass is 16.4. The normalized spacial score (nSPS) is 15.1. The minimum absolute atomic E-state index is 0.0164. The molecule has 0 unspecified atom stereocenters. The lowest BCUT2D eigenvalue weighted by Crippen LogP contribution is -2.60. The molecule has 8 amide bonds. The van der Waals surface area contributed by atoms with Crippen LogP contribution in [-0.2, 0) is 52.7 Å². The second-order valence-electron chi connectivity index (χ2n) is 13.2. The Kier molecular flexibility index (Phi) is 24.1. The fraction of sp³-hybridized carbons (Fsp3) is 0.625. The number of hydrogen-bond acceptors (Lipinski definition) is 16. The van der Waals surface area contributed by atoms with Crippen molar-refractivity contribution in [1.29, 1.82) is 0 Å². The van der Waals surface area contributed by atoms with Crippen LogP contribution in [0.3, 0.4) is 0 Å². The fourth-order valence-electron chi connectivity index (χ4n) is 4.60. The van der Waals surface area contributed by atoms with Gasteiger partial charge in [-0.1, -0.05) is 0 Å². The van der Waals surface area contributed by atoms with E-state index in [9.17, 15) is 73.2 Å². The van der Waals surface area contributed by atoms with Crippen LogP contribution < -0.4 is 59.7 Å². The molecule has 0 bridgehead atoms. The third kappa shape index (κ3) is 21.2. The molecule has 29 nitrogen and oxygen atoms in total. The minimum atomic E-state index is -1.95. The van der Waals surface area contributed by atoms with E-state index in [2.05, 4.69) is 26.3 Å². The van der Waals surface area contributed by atoms with Gasteiger partial charge in [0.25, 0.3) is 0 Å². The first-order valence-corrected chi connectivity index (χ1v) is 18.1. The van der Waals surface area contributed by atoms with E-state index in [0.29, 0.717) is 0 Å². The summed E-state index contributed by atoms with van der Waals surface area (Å²) in [7, 11) is 0. The Balaban J connectivity index is 5.98. The van der Waals surface area contributed by atoms with Crippen molar-refractivity contribution in [3.8, 4) is 0 Å². The first kappa shape index (κ1) is 54.3. The predicted octanol–water partition coefficient (Wildman–Crippen LogP) is -9.68. The molecule has 0 aliphatic heterocycles. The van der Waals surface area contributed by atoms with Crippen LogP contribution in [0.5, 0.6) is 0 Å². The van der Waals surface area contributed by atoms with Crippen LogP contribution in [0.4, 0.5) is 0 Å². The SMILES string of the molecule is C[C@H](NC(=O)[C@H](CO)NC(=O)[C@H](C)NC(=O)[C@H](CC(=O)O)NC(=O)CNC(=O)[C@H](CCCN=C(N)N)NC(=O)[C@H](CC(=O)O)NC(=O)[C@@H](NC(=O)[C@@H](N)CO)[C@@H](C)O)C(=O)O. The summed E-state index contributed by atoms with van der Waals surface area (Å²) in [4.78, 5) is 140. The minimum Gasteiger partial charge on any atom is -0.481 e. The average Bonchev–Trinajstić information content (AvgIpc) is 3.16. The third-order valence-electron chi connectivity index (χ3n) is 7.94. The molecule has 29 heteroatoms. The summed E-state index contributed by atoms with van der Waals surface area (Å²) in [6.07, 6.45) is -4.07. The Bertz CT molecular complexity index is 1640. The molecule has 0 fully saturated rings. The number of nitrogens with one attached hydrogen (secondary N) is 8. The summed E-state index contributed by atoms with van der Waals surface area (Å²) >= 11 is 0. The maximum atomic E-state index is 13.3. The number of guanidine groups is 1. The Morgan fingerprint density at radius 2 is 1.07 bits per heavy atom. The maximum Gasteiger partial charge on any atom is 0.325 e. The van der Waals surface area contributed by atoms with Crippen molar-refractivity contribution in [2.45, 2.75) is 101 Å². The number of carboxylic acid groups (broad SMARTS) is 3. The van der Waals surface area contributed by atoms with Gasteiger partial charge < -0.3 is 90.4 Å². The van der Waals surface area contributed by atoms with Crippen molar-refractivity contribution >= 4 is 71.1 Å². The second kappa shape index (κ2) is 27.1. The van der Waals surface area contributed by atoms with E-state index in [1.165, 1.54) is 0 Å². The molecule has 20 N–H and O–H groups in total. The predicted molar refractivity (Wildman–Crippen MR) is 204 cm³/mol. The Hall–Kier alpha value is -6.72. The number of nitrogens with zero attached hydrogens (tertiary/aromatic N) is 1. The van der Waals surface area contributed by atoms with Crippen LogP contribution in [0.25, 0.3) is 0 Å². The summed E-state index contributed by atoms with van der Waals surface area (Å²) in [6.45, 7) is 0.379. The smallest absolute Gasteiger partial charge is 0.325 e. The van der Waals surface area contributed by atoms with Gasteiger partial charge in [0.2, 0.25) is 47.3 Å². The van der Waals surface area contributed by atoms with E-state index in [-0.39, 0.29) is 25.3 Å². The number of carbonyl (C=O) groups excluding carboxylic acids is 8. The van der Waals surface area contributed by atoms with Crippen molar-refractivity contribution in [2.75, 3.05) is 26.3 Å². The Morgan fingerprint density at radius 3 is 1.56 bits per heavy atom. The fourth-order valence-corrected chi connectivity index (χ4v) is 4.60. The van der Waals surface area contributed by atoms with E-state index >= 15 is 0 Å². The quantitative estimate of drug-likeness (QED) is 0.0197. The van der Waals surface area contributed by atoms with Gasteiger partial charge in [0, 0.05) is 6.54 Å². The van der Waals surface area contributed by atoms with Gasteiger partial charge in [-0.15, -0.1) is 0 Å². The molecule has 61 heavy (non-hydrogen) atoms. The molecule has 9 atom stereocenters. The first-order valence-electron chi connectivity index (χ1n) is 18.1. The number of rotatable bonds is 28. The van der Waals surface area contributed by atoms with E-state index in [0.717, 1.165) is 20.8 Å². The van der Waals surface area contributed by atoms with Crippen molar-refractivity contribution in [2.24, 2.45) is 22.2 Å². The largest absolute Gasteiger partial charge is 0.481 e. The zero-order valence-electron chi connectivity index (χ0n) is 33.2. The molecular formula is C32H54N12O17. The van der Waals surface area contributed by atoms with Crippen LogP contribution in [0.15, 0.2) is 4.99 Å². The van der Waals surface area contributed by atoms with Gasteiger partial charge in [-0.3, -0.25) is 57.7 Å². The molecule has 0 saturated carbocycles. The number of carbonyl (C=O) groups is 11. The molecule has 0 radical (unpaired) electrons. The molecule has 0 aromatic rings. The highest BCUT2D eigenvalue weighted by Gasteiger charge is 2.34. The van der Waals surface area contributed by atoms with Crippen molar-refractivity contribution in [3.63, 3.8) is 0 Å². The molecule has 0 saturated heterocycles. The molecule has 0 heterocycles. The lowest BCUT2D eigenvalue weighted by Gasteiger charge is -2.26. The molecular weight excluding hydrogens is 824 g/mol. The van der Waals surface area contributed by atoms with Crippen LogP contribution in [0.1, 0.15) is 46.5 Å². The van der Waals surface area contributed by atoms with Crippen molar-refractivity contribution < 1.29 is 83.4 Å². The monoisotopic (exact) mass is 878 g/mol. The molecule has 0 aromatic heterocycles. The van der Waals surface area contributed by atoms with Crippen molar-refractivity contribution in [1.82, 2.24) is 42.5 Å². The molecule has 0 rings (SSSR count). The number of aliphatic hydroxyl groups is 3.